The van der Waals surface area contributed by atoms with E-state index in [2.05, 4.69) is 18.3 Å². The minimum absolute atomic E-state index is 0. The van der Waals surface area contributed by atoms with Crippen molar-refractivity contribution in [2.24, 2.45) is 0 Å². The zero-order chi connectivity index (χ0) is 12.4. The van der Waals surface area contributed by atoms with Crippen LogP contribution in [0.1, 0.15) is 47.5 Å². The predicted octanol–water partition coefficient (Wildman–Crippen LogP) is 4.26. The van der Waals surface area contributed by atoms with Crippen LogP contribution in [0.2, 0.25) is 0 Å². The maximum atomic E-state index is 11.2. The average Bonchev–Trinajstić information content (AvgIpc) is 2.34. The summed E-state index contributed by atoms with van der Waals surface area (Å²) in [6.07, 6.45) is 2.64. The summed E-state index contributed by atoms with van der Waals surface area (Å²) in [5.41, 5.74) is 2.18. The van der Waals surface area contributed by atoms with Gasteiger partial charge in [-0.05, 0) is 18.1 Å². The lowest BCUT2D eigenvalue weighted by atomic mass is 10.1. The first-order valence-electron chi connectivity index (χ1n) is 6.15. The van der Waals surface area contributed by atoms with Gasteiger partial charge in [0.25, 0.3) is 0 Å². The lowest BCUT2D eigenvalue weighted by Gasteiger charge is -2.09. The molecular formula is C14H25NO. The summed E-state index contributed by atoms with van der Waals surface area (Å²) in [5, 5.41) is 2.91. The Labute approximate surface area is 101 Å². The number of rotatable bonds is 4. The zero-order valence-corrected chi connectivity index (χ0v) is 10.8. The molecule has 0 radical (unpaired) electrons. The monoisotopic (exact) mass is 223 g/mol. The normalized spacial score (nSPS) is 9.00. The van der Waals surface area contributed by atoms with Crippen LogP contribution in [0, 0.1) is 0 Å². The van der Waals surface area contributed by atoms with Crippen molar-refractivity contribution >= 4 is 11.6 Å². The van der Waals surface area contributed by atoms with Crippen LogP contribution in [-0.4, -0.2) is 5.91 Å². The Bertz CT molecular complexity index is 313. The molecule has 0 aliphatic carbocycles. The molecule has 0 spiro atoms. The van der Waals surface area contributed by atoms with Crippen LogP contribution in [0.3, 0.4) is 0 Å². The van der Waals surface area contributed by atoms with E-state index < -0.39 is 0 Å². The van der Waals surface area contributed by atoms with Crippen molar-refractivity contribution in [1.82, 2.24) is 0 Å². The fourth-order valence-electron chi connectivity index (χ4n) is 1.37. The molecule has 0 saturated carbocycles. The third kappa shape index (κ3) is 4.96. The van der Waals surface area contributed by atoms with Crippen molar-refractivity contribution in [3.63, 3.8) is 0 Å². The highest BCUT2D eigenvalue weighted by Crippen LogP contribution is 2.16. The maximum absolute atomic E-state index is 11.2. The highest BCUT2D eigenvalue weighted by Gasteiger charge is 2.03. The molecule has 2 nitrogen and oxygen atoms in total. The zero-order valence-electron chi connectivity index (χ0n) is 10.8. The molecule has 0 atom stereocenters. The highest BCUT2D eigenvalue weighted by atomic mass is 16.1. The number of carbonyl (C=O) groups excluding carboxylic acids is 1. The van der Waals surface area contributed by atoms with Crippen LogP contribution in [-0.2, 0) is 11.2 Å². The van der Waals surface area contributed by atoms with E-state index in [1.807, 2.05) is 39.0 Å². The molecule has 1 rings (SSSR count). The van der Waals surface area contributed by atoms with Gasteiger partial charge in [-0.2, -0.15) is 0 Å². The van der Waals surface area contributed by atoms with Crippen molar-refractivity contribution in [1.29, 1.82) is 0 Å². The van der Waals surface area contributed by atoms with E-state index in [9.17, 15) is 4.79 Å². The lowest BCUT2D eigenvalue weighted by Crippen LogP contribution is -2.11. The Morgan fingerprint density at radius 1 is 1.25 bits per heavy atom. The number of para-hydroxylation sites is 1. The van der Waals surface area contributed by atoms with Gasteiger partial charge in [-0.15, -0.1) is 0 Å². The van der Waals surface area contributed by atoms with Gasteiger partial charge in [0, 0.05) is 13.5 Å². The molecule has 1 N–H and O–H groups in total. The number of hydrogen-bond acceptors (Lipinski definition) is 1. The van der Waals surface area contributed by atoms with Gasteiger partial charge in [0.15, 0.2) is 0 Å². The van der Waals surface area contributed by atoms with Crippen molar-refractivity contribution < 1.29 is 6.22 Å². The molecular weight excluding hydrogens is 198 g/mol. The Balaban J connectivity index is 0. The van der Waals surface area contributed by atoms with Crippen molar-refractivity contribution in [3.05, 3.63) is 29.8 Å². The standard InChI is InChI=1S/C12H17NO.C2H6.H2/c1-3-7-10-8-5-6-9-11(10)13-12(14)4-2;1-2;/h5-6,8-9H,3-4,7H2,1-2H3,(H,13,14);1-2H3;1H. The van der Waals surface area contributed by atoms with Gasteiger partial charge in [-0.3, -0.25) is 4.79 Å². The van der Waals surface area contributed by atoms with E-state index in [4.69, 9.17) is 0 Å². The molecule has 2 heteroatoms. The first-order chi connectivity index (χ1) is 7.77. The molecule has 0 unspecified atom stereocenters. The van der Waals surface area contributed by atoms with Gasteiger partial charge in [-0.25, -0.2) is 0 Å². The van der Waals surface area contributed by atoms with Gasteiger partial charge in [0.2, 0.25) is 5.91 Å². The van der Waals surface area contributed by atoms with Crippen molar-refractivity contribution in [3.8, 4) is 0 Å². The number of anilines is 1. The van der Waals surface area contributed by atoms with Gasteiger partial charge in [0.1, 0.15) is 0 Å². The number of hydrogen-bond donors (Lipinski definition) is 1. The first-order valence-corrected chi connectivity index (χ1v) is 6.15. The maximum Gasteiger partial charge on any atom is 0.224 e. The summed E-state index contributed by atoms with van der Waals surface area (Å²) in [4.78, 5) is 11.2. The van der Waals surface area contributed by atoms with Crippen LogP contribution in [0.25, 0.3) is 0 Å². The quantitative estimate of drug-likeness (QED) is 0.812. The van der Waals surface area contributed by atoms with Crippen LogP contribution in [0.15, 0.2) is 24.3 Å². The Morgan fingerprint density at radius 3 is 2.44 bits per heavy atom. The molecule has 0 heterocycles. The third-order valence-corrected chi connectivity index (χ3v) is 2.13. The van der Waals surface area contributed by atoms with E-state index in [1.165, 1.54) is 5.56 Å². The van der Waals surface area contributed by atoms with Gasteiger partial charge >= 0.3 is 0 Å². The van der Waals surface area contributed by atoms with Gasteiger partial charge < -0.3 is 5.32 Å². The largest absolute Gasteiger partial charge is 0.326 e. The fraction of sp³-hybridized carbons (Fsp3) is 0.500. The minimum Gasteiger partial charge on any atom is -0.326 e. The number of benzene rings is 1. The van der Waals surface area contributed by atoms with Crippen LogP contribution < -0.4 is 5.32 Å². The summed E-state index contributed by atoms with van der Waals surface area (Å²) in [5.74, 6) is 0.0774. The van der Waals surface area contributed by atoms with Crippen molar-refractivity contribution in [2.45, 2.75) is 47.0 Å². The predicted molar refractivity (Wildman–Crippen MR) is 72.8 cm³/mol. The van der Waals surface area contributed by atoms with E-state index in [0.29, 0.717) is 6.42 Å². The second kappa shape index (κ2) is 8.96. The number of carbonyl (C=O) groups is 1. The Kier molecular flexibility index (Phi) is 8.22. The molecule has 92 valence electrons. The first kappa shape index (κ1) is 14.7. The topological polar surface area (TPSA) is 29.1 Å². The van der Waals surface area contributed by atoms with Crippen molar-refractivity contribution in [2.75, 3.05) is 5.32 Å². The molecule has 1 aromatic carbocycles. The van der Waals surface area contributed by atoms with Crippen LogP contribution in [0.5, 0.6) is 0 Å². The van der Waals surface area contributed by atoms with Crippen LogP contribution in [0.4, 0.5) is 5.69 Å². The molecule has 0 aliphatic rings. The Hall–Kier alpha value is -1.31. The summed E-state index contributed by atoms with van der Waals surface area (Å²) >= 11 is 0. The third-order valence-electron chi connectivity index (χ3n) is 2.13. The summed E-state index contributed by atoms with van der Waals surface area (Å²) in [6, 6.07) is 7.98. The SMILES string of the molecule is CC.CCCc1ccccc1NC(=O)CC.[HH]. The lowest BCUT2D eigenvalue weighted by molar-refractivity contribution is -0.115. The molecule has 0 fully saturated rings. The molecule has 1 aromatic rings. The summed E-state index contributed by atoms with van der Waals surface area (Å²) < 4.78 is 0. The molecule has 16 heavy (non-hydrogen) atoms. The molecule has 0 saturated heterocycles. The van der Waals surface area contributed by atoms with Crippen LogP contribution >= 0.6 is 0 Å². The Morgan fingerprint density at radius 2 is 1.88 bits per heavy atom. The average molecular weight is 223 g/mol. The number of aryl methyl sites for hydroxylation is 1. The number of amides is 1. The molecule has 0 bridgehead atoms. The summed E-state index contributed by atoms with van der Waals surface area (Å²) in [6.45, 7) is 8.00. The van der Waals surface area contributed by atoms with E-state index in [1.54, 1.807) is 0 Å². The second-order valence-corrected chi connectivity index (χ2v) is 3.31. The van der Waals surface area contributed by atoms with Gasteiger partial charge in [-0.1, -0.05) is 52.3 Å². The van der Waals surface area contributed by atoms with Gasteiger partial charge in [0.05, 0.1) is 0 Å². The van der Waals surface area contributed by atoms with E-state index in [-0.39, 0.29) is 7.33 Å². The molecule has 0 aromatic heterocycles. The molecule has 1 amide bonds. The number of nitrogens with one attached hydrogen (secondary N) is 1. The van der Waals surface area contributed by atoms with E-state index in [0.717, 1.165) is 18.5 Å². The van der Waals surface area contributed by atoms with E-state index >= 15 is 0 Å². The minimum atomic E-state index is 0. The fourth-order valence-corrected chi connectivity index (χ4v) is 1.37. The molecule has 0 aliphatic heterocycles. The highest BCUT2D eigenvalue weighted by molar-refractivity contribution is 5.91. The second-order valence-electron chi connectivity index (χ2n) is 3.31. The smallest absolute Gasteiger partial charge is 0.224 e. The summed E-state index contributed by atoms with van der Waals surface area (Å²) in [7, 11) is 0.